The zero-order valence-corrected chi connectivity index (χ0v) is 44.7. The minimum atomic E-state index is -1.12. The number of benzene rings is 4. The van der Waals surface area contributed by atoms with E-state index in [1.165, 1.54) is 6.92 Å². The number of hydrogen-bond donors (Lipinski definition) is 0. The highest BCUT2D eigenvalue weighted by atomic mass is 16.8. The second-order valence-corrected chi connectivity index (χ2v) is 19.7. The van der Waals surface area contributed by atoms with Crippen molar-refractivity contribution in [3.05, 3.63) is 164 Å². The van der Waals surface area contributed by atoms with E-state index < -0.39 is 104 Å². The highest BCUT2D eigenvalue weighted by Gasteiger charge is 2.56. The summed E-state index contributed by atoms with van der Waals surface area (Å²) in [6, 6.07) is 37.0. The fourth-order valence-electron chi connectivity index (χ4n) is 10.2. The molecule has 79 heavy (non-hydrogen) atoms. The number of esters is 1. The molecule has 2 bridgehead atoms. The smallest absolute Gasteiger partial charge is 0.410 e. The highest BCUT2D eigenvalue weighted by molar-refractivity contribution is 5.67. The van der Waals surface area contributed by atoms with Crippen molar-refractivity contribution in [2.45, 2.75) is 153 Å². The van der Waals surface area contributed by atoms with E-state index in [4.69, 9.17) is 61.7 Å². The number of ether oxygens (including phenoxy) is 11. The molecule has 15 atom stereocenters. The van der Waals surface area contributed by atoms with Gasteiger partial charge in [0, 0.05) is 42.4 Å². The van der Waals surface area contributed by atoms with Crippen LogP contribution in [0.1, 0.15) is 69.2 Å². The molecule has 4 aromatic carbocycles. The predicted molar refractivity (Wildman–Crippen MR) is 280 cm³/mol. The lowest BCUT2D eigenvalue weighted by Gasteiger charge is -2.49. The summed E-state index contributed by atoms with van der Waals surface area (Å²) in [5, 5.41) is 8.27. The number of carbonyl (C=O) groups is 2. The summed E-state index contributed by atoms with van der Waals surface area (Å²) in [6.07, 6.45) is -6.74. The third kappa shape index (κ3) is 17.1. The summed E-state index contributed by atoms with van der Waals surface area (Å²) in [4.78, 5) is 49.9. The van der Waals surface area contributed by atoms with Gasteiger partial charge in [-0.25, -0.2) is 4.79 Å². The normalized spacial score (nSPS) is 28.8. The number of amides is 1. The van der Waals surface area contributed by atoms with Gasteiger partial charge in [0.25, 0.3) is 0 Å². The highest BCUT2D eigenvalue weighted by Crippen LogP contribution is 2.41. The van der Waals surface area contributed by atoms with Crippen molar-refractivity contribution in [1.82, 2.24) is 4.90 Å². The van der Waals surface area contributed by atoms with E-state index in [9.17, 15) is 20.7 Å². The molecule has 4 aromatic rings. The first kappa shape index (κ1) is 59.9. The Morgan fingerprint density at radius 2 is 1.18 bits per heavy atom. The van der Waals surface area contributed by atoms with Gasteiger partial charge < -0.3 is 57.0 Å². The van der Waals surface area contributed by atoms with Crippen LogP contribution in [0.4, 0.5) is 4.79 Å². The molecule has 0 aromatic heterocycles. The third-order valence-corrected chi connectivity index (χ3v) is 14.2. The molecule has 4 heterocycles. The standard InChI is InChI=1S/C56H69N7O13.CO2/c1-36-46(59-61-57)54(74-44(34-67-39(4)64)49(36)66-29-19-9-18-28-63(30-40-20-10-5-11-21-40)56(65)71-33-43-26-16-8-17-27-43)75-48-37(2)50(68-31-41-22-12-6-13-23-41)55(72-38(48)3)76-51-45-35-70-53(73-45)47(60-62-58)52(51)69-32-42-24-14-7-15-25-42;2-1-3/h5-8,10-17,20-27,36-38,44-55H,9,18-19,28-35H2,1-4H3;/t36-,37+,38?,44?,45?,46?,47+,48+,49+,50?,51+,52+,53?,54-,55+;/m1./s1. The lowest BCUT2D eigenvalue weighted by Crippen LogP contribution is -2.62. The zero-order chi connectivity index (χ0) is 55.9. The van der Waals surface area contributed by atoms with E-state index in [1.54, 1.807) is 4.90 Å². The van der Waals surface area contributed by atoms with Gasteiger partial charge in [0.05, 0.1) is 44.2 Å². The Labute approximate surface area is 459 Å². The van der Waals surface area contributed by atoms with E-state index in [0.29, 0.717) is 32.5 Å². The summed E-state index contributed by atoms with van der Waals surface area (Å²) in [5.41, 5.74) is 23.3. The van der Waals surface area contributed by atoms with Gasteiger partial charge in [0.1, 0.15) is 49.8 Å². The number of rotatable bonds is 25. The Morgan fingerprint density at radius 1 is 0.620 bits per heavy atom. The van der Waals surface area contributed by atoms with Crippen LogP contribution < -0.4 is 0 Å². The van der Waals surface area contributed by atoms with Gasteiger partial charge in [-0.1, -0.05) is 145 Å². The fourth-order valence-corrected chi connectivity index (χ4v) is 10.2. The van der Waals surface area contributed by atoms with Crippen LogP contribution in [0, 0.1) is 11.8 Å². The van der Waals surface area contributed by atoms with Gasteiger partial charge in [-0.15, -0.1) is 0 Å². The van der Waals surface area contributed by atoms with Crippen molar-refractivity contribution in [2.24, 2.45) is 22.1 Å². The summed E-state index contributed by atoms with van der Waals surface area (Å²) < 4.78 is 70.3. The molecule has 0 saturated carbocycles. The number of hydrogen-bond acceptors (Lipinski definition) is 17. The Morgan fingerprint density at radius 3 is 1.77 bits per heavy atom. The molecule has 8 rings (SSSR count). The van der Waals surface area contributed by atoms with Crippen molar-refractivity contribution in [3.63, 3.8) is 0 Å². The van der Waals surface area contributed by atoms with E-state index in [2.05, 4.69) is 20.1 Å². The van der Waals surface area contributed by atoms with Crippen LogP contribution in [0.25, 0.3) is 20.9 Å². The first-order valence-electron chi connectivity index (χ1n) is 26.5. The average Bonchev–Trinajstić information content (AvgIpc) is 4.18. The van der Waals surface area contributed by atoms with E-state index >= 15 is 0 Å². The molecule has 22 nitrogen and oxygen atoms in total. The summed E-state index contributed by atoms with van der Waals surface area (Å²) in [6.45, 7) is 8.86. The van der Waals surface area contributed by atoms with Crippen LogP contribution >= 0.6 is 0 Å². The molecule has 4 saturated heterocycles. The number of nitrogens with zero attached hydrogens (tertiary/aromatic N) is 7. The zero-order valence-electron chi connectivity index (χ0n) is 44.7. The lowest BCUT2D eigenvalue weighted by molar-refractivity contribution is -0.352. The van der Waals surface area contributed by atoms with Crippen LogP contribution in [-0.2, 0) is 92.9 Å². The van der Waals surface area contributed by atoms with Crippen molar-refractivity contribution in [3.8, 4) is 0 Å². The van der Waals surface area contributed by atoms with Gasteiger partial charge in [0.15, 0.2) is 18.9 Å². The molecule has 0 spiro atoms. The minimum Gasteiger partial charge on any atom is -0.463 e. The van der Waals surface area contributed by atoms with Gasteiger partial charge in [-0.05, 0) is 65.4 Å². The average molecular weight is 1090 g/mol. The molecule has 422 valence electrons. The van der Waals surface area contributed by atoms with Crippen LogP contribution in [-0.4, -0.2) is 129 Å². The van der Waals surface area contributed by atoms with Gasteiger partial charge >= 0.3 is 18.2 Å². The quantitative estimate of drug-likeness (QED) is 0.0197. The molecule has 4 fully saturated rings. The van der Waals surface area contributed by atoms with Crippen molar-refractivity contribution in [2.75, 3.05) is 26.4 Å². The van der Waals surface area contributed by atoms with Gasteiger partial charge in [-0.2, -0.15) is 9.59 Å². The minimum absolute atomic E-state index is 0.142. The van der Waals surface area contributed by atoms with Crippen LogP contribution in [0.2, 0.25) is 0 Å². The largest absolute Gasteiger partial charge is 0.463 e. The summed E-state index contributed by atoms with van der Waals surface area (Å²) in [5.74, 6) is -1.40. The molecular weight excluding hydrogens is 1020 g/mol. The van der Waals surface area contributed by atoms with Gasteiger partial charge in [-0.3, -0.25) is 4.79 Å². The number of fused-ring (bicyclic) bond motifs is 2. The molecule has 0 N–H and O–H groups in total. The molecule has 0 radical (unpaired) electrons. The van der Waals surface area contributed by atoms with Crippen molar-refractivity contribution in [1.29, 1.82) is 0 Å². The van der Waals surface area contributed by atoms with Gasteiger partial charge in [0.2, 0.25) is 0 Å². The third-order valence-electron chi connectivity index (χ3n) is 14.2. The molecule has 6 unspecified atom stereocenters. The molecule has 1 amide bonds. The molecule has 0 aliphatic carbocycles. The van der Waals surface area contributed by atoms with Crippen LogP contribution in [0.5, 0.6) is 0 Å². The first-order chi connectivity index (χ1) is 38.5. The maximum atomic E-state index is 13.4. The monoisotopic (exact) mass is 1090 g/mol. The SMILES string of the molecule is CC(=O)OCC1O[C@H](O[C@@H]2C(C)O[C@@H](O[C@H]3C4COC(O4)[C@@H](N=[N+]=[N-])[C@@H]3OCc3ccccc3)C(OCc3ccccc3)[C@H]2C)C(N=[N+]=[N-])[C@@H](C)[C@@H]1OCCCCCN(Cc1ccccc1)C(=O)OCc1ccccc1.O=C=O. The number of unbranched alkanes of at least 4 members (excludes halogenated alkanes) is 2. The molecular formula is C57H69N7O15. The van der Waals surface area contributed by atoms with E-state index in [1.807, 2.05) is 142 Å². The van der Waals surface area contributed by atoms with E-state index in [0.717, 1.165) is 28.7 Å². The molecule has 22 heteroatoms. The second-order valence-electron chi connectivity index (χ2n) is 19.7. The number of azide groups is 2. The van der Waals surface area contributed by atoms with Crippen molar-refractivity contribution >= 4 is 18.2 Å². The van der Waals surface area contributed by atoms with Crippen LogP contribution in [0.15, 0.2) is 132 Å². The van der Waals surface area contributed by atoms with Crippen LogP contribution in [0.3, 0.4) is 0 Å². The fraction of sp³-hybridized carbons (Fsp3) is 0.526. The molecule has 4 aliphatic heterocycles. The first-order valence-corrected chi connectivity index (χ1v) is 26.5. The summed E-state index contributed by atoms with van der Waals surface area (Å²) >= 11 is 0. The maximum Gasteiger partial charge on any atom is 0.410 e. The Balaban J connectivity index is 0.00000294. The Bertz CT molecular complexity index is 2610. The lowest BCUT2D eigenvalue weighted by atomic mass is 9.87. The number of carbonyl (C=O) groups excluding carboxylic acids is 4. The topological polar surface area (TPSA) is 271 Å². The van der Waals surface area contributed by atoms with E-state index in [-0.39, 0.29) is 39.2 Å². The predicted octanol–water partition coefficient (Wildman–Crippen LogP) is 9.16. The Hall–Kier alpha value is -6.74. The second kappa shape index (κ2) is 31.2. The van der Waals surface area contributed by atoms with Crippen molar-refractivity contribution < 1.29 is 71.3 Å². The summed E-state index contributed by atoms with van der Waals surface area (Å²) in [7, 11) is 0. The molecule has 4 aliphatic rings. The Kier molecular flexibility index (Phi) is 23.6. The maximum absolute atomic E-state index is 13.4.